The molecule has 0 saturated carbocycles. The molecule has 10 heteroatoms. The van der Waals surface area contributed by atoms with Gasteiger partial charge in [-0.15, -0.1) is 22.7 Å². The fraction of sp³-hybridized carbons (Fsp3) is 0.125. The summed E-state index contributed by atoms with van der Waals surface area (Å²) >= 11 is 8.93. The van der Waals surface area contributed by atoms with Crippen LogP contribution in [0.25, 0.3) is 10.6 Å². The molecular formula is C16H13ClN4O3S2. The van der Waals surface area contributed by atoms with Gasteiger partial charge in [0, 0.05) is 28.6 Å². The Morgan fingerprint density at radius 1 is 1.42 bits per heavy atom. The zero-order valence-electron chi connectivity index (χ0n) is 13.5. The molecule has 0 radical (unpaired) electrons. The first-order valence-corrected chi connectivity index (χ1v) is 9.61. The van der Waals surface area contributed by atoms with E-state index in [4.69, 9.17) is 11.6 Å². The van der Waals surface area contributed by atoms with Crippen LogP contribution in [-0.4, -0.2) is 27.5 Å². The van der Waals surface area contributed by atoms with E-state index in [9.17, 15) is 15.2 Å². The fourth-order valence-corrected chi connectivity index (χ4v) is 4.13. The number of rotatable bonds is 5. The molecule has 0 spiro atoms. The van der Waals surface area contributed by atoms with Crippen molar-refractivity contribution in [2.45, 2.75) is 6.92 Å². The molecule has 0 bridgehead atoms. The minimum atomic E-state index is -0.689. The monoisotopic (exact) mass is 408 g/mol. The number of thiazole rings is 1. The van der Waals surface area contributed by atoms with Gasteiger partial charge in [-0.1, -0.05) is 17.7 Å². The zero-order chi connectivity index (χ0) is 18.7. The summed E-state index contributed by atoms with van der Waals surface area (Å²) in [6, 6.07) is 6.42. The summed E-state index contributed by atoms with van der Waals surface area (Å²) in [5.74, 6) is -0.481. The number of benzene rings is 1. The molecule has 2 aromatic heterocycles. The summed E-state index contributed by atoms with van der Waals surface area (Å²) in [6.45, 7) is 2.51. The lowest BCUT2D eigenvalue weighted by Crippen LogP contribution is -2.12. The molecule has 1 aromatic carbocycles. The summed E-state index contributed by atoms with van der Waals surface area (Å²) in [5.41, 5.74) is 0.540. The maximum atomic E-state index is 11.0. The van der Waals surface area contributed by atoms with Crippen molar-refractivity contribution in [1.82, 2.24) is 4.68 Å². The van der Waals surface area contributed by atoms with E-state index in [0.29, 0.717) is 11.3 Å². The predicted octanol–water partition coefficient (Wildman–Crippen LogP) is 4.35. The minimum Gasteiger partial charge on any atom is -0.502 e. The van der Waals surface area contributed by atoms with Crippen LogP contribution in [0.5, 0.6) is 5.75 Å². The first kappa shape index (κ1) is 18.3. The van der Waals surface area contributed by atoms with Gasteiger partial charge in [0.25, 0.3) is 0 Å². The number of nitrogens with zero attached hydrogens (tertiary/aromatic N) is 4. The van der Waals surface area contributed by atoms with Crippen LogP contribution in [0.15, 0.2) is 45.1 Å². The molecule has 3 aromatic rings. The lowest BCUT2D eigenvalue weighted by atomic mass is 10.2. The summed E-state index contributed by atoms with van der Waals surface area (Å²) in [5, 5.41) is 29.6. The Bertz CT molecular complexity index is 1040. The van der Waals surface area contributed by atoms with E-state index in [1.807, 2.05) is 29.8 Å². The van der Waals surface area contributed by atoms with E-state index >= 15 is 0 Å². The van der Waals surface area contributed by atoms with Crippen LogP contribution < -0.4 is 4.80 Å². The van der Waals surface area contributed by atoms with Crippen molar-refractivity contribution in [2.75, 3.05) is 6.54 Å². The van der Waals surface area contributed by atoms with Crippen molar-refractivity contribution in [3.05, 3.63) is 60.5 Å². The van der Waals surface area contributed by atoms with Crippen molar-refractivity contribution >= 4 is 46.2 Å². The molecule has 0 fully saturated rings. The average Bonchev–Trinajstić information content (AvgIpc) is 3.25. The second-order valence-electron chi connectivity index (χ2n) is 5.03. The third-order valence-electron chi connectivity index (χ3n) is 3.35. The number of phenols is 1. The van der Waals surface area contributed by atoms with Gasteiger partial charge in [0.05, 0.1) is 21.7 Å². The van der Waals surface area contributed by atoms with Gasteiger partial charge in [-0.25, -0.2) is 4.68 Å². The highest BCUT2D eigenvalue weighted by molar-refractivity contribution is 7.14. The molecule has 0 saturated heterocycles. The Kier molecular flexibility index (Phi) is 5.50. The summed E-state index contributed by atoms with van der Waals surface area (Å²) < 4.78 is 1.65. The van der Waals surface area contributed by atoms with Crippen molar-refractivity contribution in [3.8, 4) is 16.3 Å². The standard InChI is InChI=1S/C16H13ClN4O3S2/c1-2-18-16-20(13(9-26-16)14-4-3-5-25-14)19-8-10-6-11(17)7-12(15(10)22)21(23)24/h3-9,22H,2H2,1H3. The number of aromatic hydroxyl groups is 1. The molecule has 2 heterocycles. The molecule has 0 unspecified atom stereocenters. The van der Waals surface area contributed by atoms with Crippen molar-refractivity contribution in [3.63, 3.8) is 0 Å². The van der Waals surface area contributed by atoms with E-state index in [0.717, 1.165) is 16.6 Å². The van der Waals surface area contributed by atoms with Gasteiger partial charge >= 0.3 is 5.69 Å². The van der Waals surface area contributed by atoms with Crippen LogP contribution >= 0.6 is 34.3 Å². The summed E-state index contributed by atoms with van der Waals surface area (Å²) in [4.78, 5) is 16.4. The number of nitro groups is 1. The Balaban J connectivity index is 2.11. The quantitative estimate of drug-likeness (QED) is 0.386. The third kappa shape index (κ3) is 3.69. The highest BCUT2D eigenvalue weighted by Crippen LogP contribution is 2.32. The van der Waals surface area contributed by atoms with E-state index in [1.165, 1.54) is 23.6 Å². The van der Waals surface area contributed by atoms with Gasteiger partial charge in [0.15, 0.2) is 0 Å². The average molecular weight is 409 g/mol. The molecule has 0 aliphatic carbocycles. The number of thiophene rings is 1. The number of aromatic nitrogens is 1. The van der Waals surface area contributed by atoms with Crippen molar-refractivity contribution in [2.24, 2.45) is 10.1 Å². The lowest BCUT2D eigenvalue weighted by molar-refractivity contribution is -0.385. The van der Waals surface area contributed by atoms with Crippen LogP contribution in [0.4, 0.5) is 5.69 Å². The minimum absolute atomic E-state index is 0.142. The zero-order valence-corrected chi connectivity index (χ0v) is 15.9. The number of hydrogen-bond donors (Lipinski definition) is 1. The molecule has 26 heavy (non-hydrogen) atoms. The first-order valence-electron chi connectivity index (χ1n) is 7.47. The fourth-order valence-electron chi connectivity index (χ4n) is 2.21. The smallest absolute Gasteiger partial charge is 0.312 e. The third-order valence-corrected chi connectivity index (χ3v) is 5.31. The molecule has 0 aliphatic rings. The molecule has 7 nitrogen and oxygen atoms in total. The maximum absolute atomic E-state index is 11.0. The topological polar surface area (TPSA) is 93.0 Å². The summed E-state index contributed by atoms with van der Waals surface area (Å²) in [7, 11) is 0. The van der Waals surface area contributed by atoms with Gasteiger partial charge in [-0.05, 0) is 24.4 Å². The van der Waals surface area contributed by atoms with Crippen LogP contribution in [0.1, 0.15) is 12.5 Å². The number of phenolic OH excluding ortho intramolecular Hbond substituents is 1. The van der Waals surface area contributed by atoms with Crippen molar-refractivity contribution in [1.29, 1.82) is 0 Å². The Morgan fingerprint density at radius 2 is 2.23 bits per heavy atom. The Hall–Kier alpha value is -2.49. The highest BCUT2D eigenvalue weighted by Gasteiger charge is 2.18. The Labute approximate surface area is 161 Å². The molecule has 3 rings (SSSR count). The number of nitro benzene ring substituents is 1. The van der Waals surface area contributed by atoms with E-state index in [-0.39, 0.29) is 10.6 Å². The van der Waals surface area contributed by atoms with Crippen LogP contribution in [0.2, 0.25) is 5.02 Å². The van der Waals surface area contributed by atoms with Gasteiger partial charge in [-0.2, -0.15) is 5.10 Å². The molecule has 1 N–H and O–H groups in total. The van der Waals surface area contributed by atoms with Gasteiger partial charge in [0.2, 0.25) is 10.6 Å². The van der Waals surface area contributed by atoms with Gasteiger partial charge in [-0.3, -0.25) is 15.1 Å². The number of halogens is 1. The predicted molar refractivity (Wildman–Crippen MR) is 104 cm³/mol. The number of hydrogen-bond acceptors (Lipinski definition) is 7. The van der Waals surface area contributed by atoms with Crippen molar-refractivity contribution < 1.29 is 10.0 Å². The van der Waals surface area contributed by atoms with E-state index in [1.54, 1.807) is 16.0 Å². The Morgan fingerprint density at radius 3 is 2.88 bits per heavy atom. The van der Waals surface area contributed by atoms with E-state index < -0.39 is 16.4 Å². The first-order chi connectivity index (χ1) is 12.5. The molecule has 0 atom stereocenters. The maximum Gasteiger partial charge on any atom is 0.312 e. The second-order valence-corrected chi connectivity index (χ2v) is 7.25. The SMILES string of the molecule is CCN=c1scc(-c2cccs2)n1N=Cc1cc(Cl)cc([N+](=O)[O-])c1O. The van der Waals surface area contributed by atoms with Crippen LogP contribution in [0, 0.1) is 10.1 Å². The van der Waals surface area contributed by atoms with Crippen LogP contribution in [0.3, 0.4) is 0 Å². The van der Waals surface area contributed by atoms with Gasteiger partial charge < -0.3 is 5.11 Å². The molecule has 134 valence electrons. The lowest BCUT2D eigenvalue weighted by Gasteiger charge is -2.03. The highest BCUT2D eigenvalue weighted by atomic mass is 35.5. The van der Waals surface area contributed by atoms with Gasteiger partial charge in [0.1, 0.15) is 0 Å². The molecule has 0 amide bonds. The normalized spacial score (nSPS) is 12.2. The summed E-state index contributed by atoms with van der Waals surface area (Å²) in [6.07, 6.45) is 1.34. The van der Waals surface area contributed by atoms with Crippen LogP contribution in [-0.2, 0) is 0 Å². The molecule has 0 aliphatic heterocycles. The largest absolute Gasteiger partial charge is 0.502 e. The van der Waals surface area contributed by atoms with E-state index in [2.05, 4.69) is 10.1 Å². The second kappa shape index (κ2) is 7.81. The molecular weight excluding hydrogens is 396 g/mol.